The summed E-state index contributed by atoms with van der Waals surface area (Å²) >= 11 is 0. The van der Waals surface area contributed by atoms with Gasteiger partial charge in [-0.3, -0.25) is 4.79 Å². The van der Waals surface area contributed by atoms with Crippen molar-refractivity contribution in [3.8, 4) is 0 Å². The lowest BCUT2D eigenvalue weighted by atomic mass is 9.86. The van der Waals surface area contributed by atoms with Crippen LogP contribution in [0.4, 0.5) is 27.3 Å². The monoisotopic (exact) mass is 508 g/mol. The Kier molecular flexibility index (Phi) is 5.64. The molecule has 4 atom stereocenters. The van der Waals surface area contributed by atoms with Crippen molar-refractivity contribution >= 4 is 28.8 Å². The van der Waals surface area contributed by atoms with Gasteiger partial charge in [0.15, 0.2) is 0 Å². The predicted molar refractivity (Wildman–Crippen MR) is 137 cm³/mol. The molecule has 3 saturated heterocycles. The number of fused-ring (bicyclic) bond motifs is 2. The SMILES string of the molecule is CC(C)OC1CCC(C(=O)N2Cc3cc(F)cnc3Nc3ccc(N4[C@@H]5CO[C@H]6[C@@H]5OC[C@@H]64)cc32)CC1. The molecule has 37 heavy (non-hydrogen) atoms. The largest absolute Gasteiger partial charge is 0.376 e. The maximum atomic E-state index is 14.2. The third-order valence-electron chi connectivity index (χ3n) is 8.55. The zero-order valence-electron chi connectivity index (χ0n) is 21.2. The molecule has 7 rings (SSSR count). The highest BCUT2D eigenvalue weighted by Gasteiger charge is 2.60. The van der Waals surface area contributed by atoms with Gasteiger partial charge in [-0.15, -0.1) is 0 Å². The van der Waals surface area contributed by atoms with Gasteiger partial charge in [0, 0.05) is 17.2 Å². The molecule has 5 aliphatic rings. The Morgan fingerprint density at radius 2 is 1.84 bits per heavy atom. The van der Waals surface area contributed by atoms with Gasteiger partial charge in [0.1, 0.15) is 23.8 Å². The summed E-state index contributed by atoms with van der Waals surface area (Å²) in [4.78, 5) is 22.6. The van der Waals surface area contributed by atoms with Crippen molar-refractivity contribution in [3.05, 3.63) is 41.8 Å². The van der Waals surface area contributed by atoms with Crippen LogP contribution in [0.25, 0.3) is 0 Å². The number of anilines is 4. The number of pyridine rings is 1. The van der Waals surface area contributed by atoms with Gasteiger partial charge in [0.25, 0.3) is 0 Å². The van der Waals surface area contributed by atoms with Gasteiger partial charge in [-0.05, 0) is 63.8 Å². The Labute approximate surface area is 216 Å². The number of morpholine rings is 2. The molecule has 1 N–H and O–H groups in total. The first-order valence-electron chi connectivity index (χ1n) is 13.5. The summed E-state index contributed by atoms with van der Waals surface area (Å²) in [5.41, 5.74) is 3.34. The normalized spacial score (nSPS) is 31.8. The van der Waals surface area contributed by atoms with E-state index in [-0.39, 0.29) is 54.9 Å². The summed E-state index contributed by atoms with van der Waals surface area (Å²) in [5, 5.41) is 3.37. The van der Waals surface area contributed by atoms with Crippen LogP contribution in [0.2, 0.25) is 0 Å². The fourth-order valence-electron chi connectivity index (χ4n) is 6.92. The molecule has 4 aliphatic heterocycles. The average molecular weight is 509 g/mol. The number of aromatic nitrogens is 1. The molecule has 1 aromatic heterocycles. The Morgan fingerprint density at radius 1 is 1.11 bits per heavy atom. The van der Waals surface area contributed by atoms with Crippen LogP contribution < -0.4 is 15.1 Å². The van der Waals surface area contributed by atoms with Gasteiger partial charge in [-0.2, -0.15) is 0 Å². The molecule has 0 unspecified atom stereocenters. The molecule has 1 aromatic carbocycles. The molecule has 9 heteroatoms. The number of benzene rings is 1. The van der Waals surface area contributed by atoms with Crippen molar-refractivity contribution in [2.45, 2.75) is 82.6 Å². The zero-order chi connectivity index (χ0) is 25.3. The molecule has 0 radical (unpaired) electrons. The second kappa shape index (κ2) is 8.92. The minimum absolute atomic E-state index is 0.0800. The van der Waals surface area contributed by atoms with Crippen LogP contribution in [-0.2, 0) is 25.5 Å². The minimum Gasteiger partial charge on any atom is -0.376 e. The molecular weight excluding hydrogens is 475 g/mol. The number of carbonyl (C=O) groups excluding carboxylic acids is 1. The lowest BCUT2D eigenvalue weighted by molar-refractivity contribution is -0.124. The molecule has 1 saturated carbocycles. The highest BCUT2D eigenvalue weighted by molar-refractivity contribution is 6.00. The van der Waals surface area contributed by atoms with Crippen LogP contribution in [0.1, 0.15) is 45.1 Å². The topological polar surface area (TPSA) is 76.2 Å². The van der Waals surface area contributed by atoms with Crippen LogP contribution in [0.3, 0.4) is 0 Å². The third kappa shape index (κ3) is 3.90. The Morgan fingerprint density at radius 3 is 2.54 bits per heavy atom. The summed E-state index contributed by atoms with van der Waals surface area (Å²) in [6.07, 6.45) is 5.16. The van der Waals surface area contributed by atoms with Crippen LogP contribution in [0.5, 0.6) is 0 Å². The highest BCUT2D eigenvalue weighted by atomic mass is 19.1. The van der Waals surface area contributed by atoms with Crippen LogP contribution in [-0.4, -0.2) is 60.6 Å². The smallest absolute Gasteiger partial charge is 0.230 e. The summed E-state index contributed by atoms with van der Waals surface area (Å²) in [5.74, 6) is 0.166. The Hall–Kier alpha value is -2.75. The summed E-state index contributed by atoms with van der Waals surface area (Å²) in [6, 6.07) is 8.06. The summed E-state index contributed by atoms with van der Waals surface area (Å²) in [7, 11) is 0. The lowest BCUT2D eigenvalue weighted by Crippen LogP contribution is -2.50. The molecular formula is C28H33FN4O4. The van der Waals surface area contributed by atoms with Crippen molar-refractivity contribution in [1.82, 2.24) is 4.98 Å². The van der Waals surface area contributed by atoms with E-state index in [9.17, 15) is 9.18 Å². The molecule has 0 spiro atoms. The number of nitrogens with one attached hydrogen (secondary N) is 1. The number of carbonyl (C=O) groups is 1. The van der Waals surface area contributed by atoms with Gasteiger partial charge in [-0.25, -0.2) is 9.37 Å². The molecule has 1 amide bonds. The van der Waals surface area contributed by atoms with Crippen LogP contribution >= 0.6 is 0 Å². The molecule has 4 bridgehead atoms. The predicted octanol–water partition coefficient (Wildman–Crippen LogP) is 4.15. The zero-order valence-corrected chi connectivity index (χ0v) is 21.2. The van der Waals surface area contributed by atoms with Gasteiger partial charge in [0.2, 0.25) is 5.91 Å². The van der Waals surface area contributed by atoms with E-state index < -0.39 is 5.82 Å². The molecule has 1 aliphatic carbocycles. The maximum absolute atomic E-state index is 14.2. The number of nitrogens with zero attached hydrogens (tertiary/aromatic N) is 3. The number of ether oxygens (including phenoxy) is 3. The number of rotatable bonds is 4. The minimum atomic E-state index is -0.407. The quantitative estimate of drug-likeness (QED) is 0.665. The van der Waals surface area contributed by atoms with Crippen molar-refractivity contribution in [2.75, 3.05) is 28.3 Å². The fourth-order valence-corrected chi connectivity index (χ4v) is 6.92. The standard InChI is InChI=1S/C28H33FN4O4/c1-15(2)37-20-6-3-16(4-7-20)28(34)32-12-17-9-18(29)11-30-27(17)31-21-8-5-19(10-22(21)32)33-23-13-35-26-24(33)14-36-25(23)26/h5,8-11,15-16,20,23-26H,3-4,6-7,12-14H2,1-2H3,(H,30,31)/t16?,20?,23-,24+,25-,26-/m1/s1. The van der Waals surface area contributed by atoms with Crippen molar-refractivity contribution in [2.24, 2.45) is 5.92 Å². The van der Waals surface area contributed by atoms with Gasteiger partial charge in [-0.1, -0.05) is 0 Å². The summed E-state index contributed by atoms with van der Waals surface area (Å²) in [6.45, 7) is 5.68. The van der Waals surface area contributed by atoms with E-state index in [1.54, 1.807) is 0 Å². The third-order valence-corrected chi connectivity index (χ3v) is 8.55. The first kappa shape index (κ1) is 23.4. The Bertz CT molecular complexity index is 1200. The van der Waals surface area contributed by atoms with E-state index in [1.807, 2.05) is 11.0 Å². The number of halogens is 1. The molecule has 196 valence electrons. The van der Waals surface area contributed by atoms with Crippen molar-refractivity contribution in [3.63, 3.8) is 0 Å². The first-order chi connectivity index (χ1) is 18.0. The van der Waals surface area contributed by atoms with E-state index in [0.717, 1.165) is 42.7 Å². The molecule has 4 fully saturated rings. The van der Waals surface area contributed by atoms with Gasteiger partial charge >= 0.3 is 0 Å². The van der Waals surface area contributed by atoms with Gasteiger partial charge < -0.3 is 29.3 Å². The second-order valence-electron chi connectivity index (χ2n) is 11.2. The number of hydrogen-bond donors (Lipinski definition) is 1. The van der Waals surface area contributed by atoms with E-state index in [2.05, 4.69) is 41.2 Å². The summed E-state index contributed by atoms with van der Waals surface area (Å²) < 4.78 is 32.1. The number of hydrogen-bond acceptors (Lipinski definition) is 7. The second-order valence-corrected chi connectivity index (χ2v) is 11.2. The van der Waals surface area contributed by atoms with Crippen LogP contribution in [0, 0.1) is 11.7 Å². The molecule has 2 aromatic rings. The van der Waals surface area contributed by atoms with E-state index in [1.165, 1.54) is 12.3 Å². The number of amides is 1. The maximum Gasteiger partial charge on any atom is 0.230 e. The molecule has 8 nitrogen and oxygen atoms in total. The van der Waals surface area contributed by atoms with E-state index >= 15 is 0 Å². The van der Waals surface area contributed by atoms with E-state index in [0.29, 0.717) is 24.6 Å². The fraction of sp³-hybridized carbons (Fsp3) is 0.571. The van der Waals surface area contributed by atoms with Crippen LogP contribution in [0.15, 0.2) is 30.5 Å². The van der Waals surface area contributed by atoms with E-state index in [4.69, 9.17) is 14.2 Å². The lowest BCUT2D eigenvalue weighted by Gasteiger charge is -2.38. The first-order valence-corrected chi connectivity index (χ1v) is 13.5. The van der Waals surface area contributed by atoms with Gasteiger partial charge in [0.05, 0.1) is 61.6 Å². The Balaban J connectivity index is 1.22. The highest BCUT2D eigenvalue weighted by Crippen LogP contribution is 2.46. The van der Waals surface area contributed by atoms with Crippen molar-refractivity contribution < 1.29 is 23.4 Å². The average Bonchev–Trinajstić information content (AvgIpc) is 3.54. The molecule has 5 heterocycles. The van der Waals surface area contributed by atoms with Crippen molar-refractivity contribution in [1.29, 1.82) is 0 Å².